The van der Waals surface area contributed by atoms with E-state index in [0.29, 0.717) is 6.61 Å². The van der Waals surface area contributed by atoms with E-state index < -0.39 is 0 Å². The molecule has 0 saturated heterocycles. The van der Waals surface area contributed by atoms with Crippen LogP contribution in [0.15, 0.2) is 18.2 Å². The van der Waals surface area contributed by atoms with Crippen molar-refractivity contribution in [3.8, 4) is 5.75 Å². The summed E-state index contributed by atoms with van der Waals surface area (Å²) in [4.78, 5) is 11.6. The zero-order chi connectivity index (χ0) is 14.4. The molecule has 0 saturated carbocycles. The molecule has 1 unspecified atom stereocenters. The van der Waals surface area contributed by atoms with Crippen molar-refractivity contribution in [1.82, 2.24) is 0 Å². The van der Waals surface area contributed by atoms with Crippen LogP contribution in [0.2, 0.25) is 0 Å². The van der Waals surface area contributed by atoms with E-state index in [0.717, 1.165) is 18.6 Å². The van der Waals surface area contributed by atoms with Gasteiger partial charge in [-0.25, -0.2) is 4.79 Å². The van der Waals surface area contributed by atoms with Crippen LogP contribution in [0.4, 0.5) is 0 Å². The molecule has 0 radical (unpaired) electrons. The number of carbonyl (C=O) groups is 1. The molecule has 2 rings (SSSR count). The van der Waals surface area contributed by atoms with Gasteiger partial charge in [0.25, 0.3) is 0 Å². The monoisotopic (exact) mass is 278 g/mol. The molecule has 0 bridgehead atoms. The summed E-state index contributed by atoms with van der Waals surface area (Å²) in [7, 11) is 1.58. The third-order valence-corrected chi connectivity index (χ3v) is 3.41. The average molecular weight is 278 g/mol. The Balaban J connectivity index is 1.83. The van der Waals surface area contributed by atoms with Gasteiger partial charge in [0, 0.05) is 7.11 Å². The van der Waals surface area contributed by atoms with Crippen molar-refractivity contribution < 1.29 is 19.0 Å². The van der Waals surface area contributed by atoms with E-state index in [4.69, 9.17) is 14.2 Å². The summed E-state index contributed by atoms with van der Waals surface area (Å²) in [6.45, 7) is 2.12. The fraction of sp³-hybridized carbons (Fsp3) is 0.562. The highest BCUT2D eigenvalue weighted by molar-refractivity contribution is 5.71. The van der Waals surface area contributed by atoms with E-state index in [1.807, 2.05) is 12.1 Å². The van der Waals surface area contributed by atoms with Crippen LogP contribution in [-0.2, 0) is 27.1 Å². The third-order valence-electron chi connectivity index (χ3n) is 3.41. The molecule has 0 aromatic heterocycles. The van der Waals surface area contributed by atoms with Crippen LogP contribution in [0.25, 0.3) is 0 Å². The summed E-state index contributed by atoms with van der Waals surface area (Å²) in [5, 5.41) is 0. The minimum atomic E-state index is -0.368. The van der Waals surface area contributed by atoms with Gasteiger partial charge in [0.05, 0.1) is 6.61 Å². The molecule has 20 heavy (non-hydrogen) atoms. The first kappa shape index (κ1) is 14.9. The van der Waals surface area contributed by atoms with Gasteiger partial charge in [-0.1, -0.05) is 6.07 Å². The van der Waals surface area contributed by atoms with Crippen molar-refractivity contribution in [2.45, 2.75) is 38.7 Å². The Kier molecular flexibility index (Phi) is 5.41. The lowest BCUT2D eigenvalue weighted by atomic mass is 9.92. The molecule has 0 spiro atoms. The predicted molar refractivity (Wildman–Crippen MR) is 76.0 cm³/mol. The zero-order valence-corrected chi connectivity index (χ0v) is 12.2. The first-order valence-corrected chi connectivity index (χ1v) is 7.12. The Labute approximate surface area is 120 Å². The maximum atomic E-state index is 11.6. The highest BCUT2D eigenvalue weighted by Crippen LogP contribution is 2.25. The molecule has 0 aliphatic heterocycles. The second-order valence-electron chi connectivity index (χ2n) is 5.18. The van der Waals surface area contributed by atoms with Gasteiger partial charge in [-0.3, -0.25) is 0 Å². The lowest BCUT2D eigenvalue weighted by molar-refractivity contribution is -0.152. The predicted octanol–water partition coefficient (Wildman–Crippen LogP) is 2.52. The van der Waals surface area contributed by atoms with Gasteiger partial charge in [0.1, 0.15) is 11.9 Å². The summed E-state index contributed by atoms with van der Waals surface area (Å²) in [5.41, 5.74) is 2.75. The average Bonchev–Trinajstić information content (AvgIpc) is 2.45. The Bertz CT molecular complexity index is 456. The van der Waals surface area contributed by atoms with E-state index in [2.05, 4.69) is 6.07 Å². The number of carbonyl (C=O) groups excluding carboxylic acids is 1. The van der Waals surface area contributed by atoms with E-state index in [9.17, 15) is 4.79 Å². The number of hydrogen-bond donors (Lipinski definition) is 0. The van der Waals surface area contributed by atoms with Crippen LogP contribution in [-0.4, -0.2) is 32.4 Å². The maximum Gasteiger partial charge on any atom is 0.344 e. The second-order valence-corrected chi connectivity index (χ2v) is 5.18. The fourth-order valence-electron chi connectivity index (χ4n) is 2.47. The van der Waals surface area contributed by atoms with Gasteiger partial charge in [-0.15, -0.1) is 0 Å². The van der Waals surface area contributed by atoms with Crippen molar-refractivity contribution in [2.75, 3.05) is 20.3 Å². The normalized spacial score (nSPS) is 15.3. The first-order valence-electron chi connectivity index (χ1n) is 7.12. The van der Waals surface area contributed by atoms with Crippen molar-refractivity contribution in [3.05, 3.63) is 29.3 Å². The summed E-state index contributed by atoms with van der Waals surface area (Å²) in [5.74, 6) is 0.370. The van der Waals surface area contributed by atoms with E-state index >= 15 is 0 Å². The number of benzene rings is 1. The minimum Gasteiger partial charge on any atom is -0.482 e. The number of fused-ring (bicyclic) bond motifs is 1. The van der Waals surface area contributed by atoms with Crippen molar-refractivity contribution >= 4 is 5.97 Å². The number of hydrogen-bond acceptors (Lipinski definition) is 4. The molecule has 1 aromatic carbocycles. The van der Waals surface area contributed by atoms with Gasteiger partial charge < -0.3 is 14.2 Å². The standard InChI is InChI=1S/C16H22O4/c1-12(10-18-2)20-16(17)11-19-15-8-7-13-5-3-4-6-14(13)9-15/h7-9,12H,3-6,10-11H2,1-2H3. The molecule has 4 heteroatoms. The summed E-state index contributed by atoms with van der Waals surface area (Å²) in [6.07, 6.45) is 4.48. The van der Waals surface area contributed by atoms with E-state index in [1.165, 1.54) is 24.0 Å². The lowest BCUT2D eigenvalue weighted by Crippen LogP contribution is -2.23. The minimum absolute atomic E-state index is 0.0627. The molecule has 0 heterocycles. The Morgan fingerprint density at radius 2 is 2.00 bits per heavy atom. The number of methoxy groups -OCH3 is 1. The Hall–Kier alpha value is -1.55. The molecule has 1 aromatic rings. The lowest BCUT2D eigenvalue weighted by Gasteiger charge is -2.17. The van der Waals surface area contributed by atoms with Crippen molar-refractivity contribution in [1.29, 1.82) is 0 Å². The van der Waals surface area contributed by atoms with Crippen LogP contribution >= 0.6 is 0 Å². The van der Waals surface area contributed by atoms with Crippen LogP contribution < -0.4 is 4.74 Å². The fourth-order valence-corrected chi connectivity index (χ4v) is 2.47. The maximum absolute atomic E-state index is 11.6. The van der Waals surface area contributed by atoms with Gasteiger partial charge in [0.2, 0.25) is 0 Å². The summed E-state index contributed by atoms with van der Waals surface area (Å²) >= 11 is 0. The topological polar surface area (TPSA) is 44.8 Å². The SMILES string of the molecule is COCC(C)OC(=O)COc1ccc2c(c1)CCCC2. The third kappa shape index (κ3) is 4.23. The zero-order valence-electron chi connectivity index (χ0n) is 12.2. The van der Waals surface area contributed by atoms with Crippen LogP contribution in [0.5, 0.6) is 5.75 Å². The van der Waals surface area contributed by atoms with E-state index in [1.54, 1.807) is 14.0 Å². The first-order chi connectivity index (χ1) is 9.69. The molecule has 0 amide bonds. The molecular weight excluding hydrogens is 256 g/mol. The second kappa shape index (κ2) is 7.29. The molecule has 4 nitrogen and oxygen atoms in total. The van der Waals surface area contributed by atoms with Gasteiger partial charge in [-0.05, 0) is 55.9 Å². The molecule has 1 aliphatic rings. The van der Waals surface area contributed by atoms with Crippen molar-refractivity contribution in [2.24, 2.45) is 0 Å². The highest BCUT2D eigenvalue weighted by Gasteiger charge is 2.12. The molecule has 1 aliphatic carbocycles. The number of ether oxygens (including phenoxy) is 3. The highest BCUT2D eigenvalue weighted by atomic mass is 16.6. The molecule has 0 fully saturated rings. The molecule has 110 valence electrons. The van der Waals surface area contributed by atoms with Gasteiger partial charge in [-0.2, -0.15) is 0 Å². The molecule has 0 N–H and O–H groups in total. The van der Waals surface area contributed by atoms with Gasteiger partial charge >= 0.3 is 5.97 Å². The van der Waals surface area contributed by atoms with Crippen LogP contribution in [0.1, 0.15) is 30.9 Å². The van der Waals surface area contributed by atoms with Crippen LogP contribution in [0, 0.1) is 0 Å². The summed E-state index contributed by atoms with van der Waals surface area (Å²) in [6, 6.07) is 6.07. The number of aryl methyl sites for hydroxylation is 2. The largest absolute Gasteiger partial charge is 0.482 e. The van der Waals surface area contributed by atoms with Gasteiger partial charge in [0.15, 0.2) is 6.61 Å². The van der Waals surface area contributed by atoms with Crippen LogP contribution in [0.3, 0.4) is 0 Å². The summed E-state index contributed by atoms with van der Waals surface area (Å²) < 4.78 is 15.5. The number of rotatable bonds is 6. The number of esters is 1. The Morgan fingerprint density at radius 1 is 1.25 bits per heavy atom. The Morgan fingerprint density at radius 3 is 2.75 bits per heavy atom. The molecular formula is C16H22O4. The van der Waals surface area contributed by atoms with Crippen molar-refractivity contribution in [3.63, 3.8) is 0 Å². The quantitative estimate of drug-likeness (QED) is 0.750. The molecule has 1 atom stereocenters. The smallest absolute Gasteiger partial charge is 0.344 e. The van der Waals surface area contributed by atoms with E-state index in [-0.39, 0.29) is 18.7 Å².